The van der Waals surface area contributed by atoms with Gasteiger partial charge >= 0.3 is 0 Å². The SMILES string of the molecule is CCOCc1ccc2[nH]c(-c3ccccc3)cc2c1N. The van der Waals surface area contributed by atoms with Gasteiger partial charge in [-0.2, -0.15) is 0 Å². The molecule has 0 spiro atoms. The predicted molar refractivity (Wildman–Crippen MR) is 83.5 cm³/mol. The Morgan fingerprint density at radius 3 is 2.65 bits per heavy atom. The largest absolute Gasteiger partial charge is 0.398 e. The zero-order chi connectivity index (χ0) is 13.9. The van der Waals surface area contributed by atoms with Crippen LogP contribution in [0.1, 0.15) is 12.5 Å². The van der Waals surface area contributed by atoms with E-state index in [1.54, 1.807) is 0 Å². The Balaban J connectivity index is 2.05. The minimum absolute atomic E-state index is 0.560. The van der Waals surface area contributed by atoms with Gasteiger partial charge in [0.1, 0.15) is 0 Å². The second kappa shape index (κ2) is 5.39. The number of H-pyrrole nitrogens is 1. The van der Waals surface area contributed by atoms with Crippen LogP contribution in [0, 0.1) is 0 Å². The molecule has 3 nitrogen and oxygen atoms in total. The summed E-state index contributed by atoms with van der Waals surface area (Å²) in [5.41, 5.74) is 11.4. The van der Waals surface area contributed by atoms with E-state index in [0.29, 0.717) is 13.2 Å². The summed E-state index contributed by atoms with van der Waals surface area (Å²) >= 11 is 0. The molecule has 3 rings (SSSR count). The summed E-state index contributed by atoms with van der Waals surface area (Å²) in [5.74, 6) is 0. The van der Waals surface area contributed by atoms with Crippen molar-refractivity contribution < 1.29 is 4.74 Å². The number of hydrogen-bond donors (Lipinski definition) is 2. The van der Waals surface area contributed by atoms with E-state index in [2.05, 4.69) is 29.2 Å². The van der Waals surface area contributed by atoms with Crippen molar-refractivity contribution in [3.05, 3.63) is 54.1 Å². The Bertz CT molecular complexity index is 716. The number of nitrogen functional groups attached to an aromatic ring is 1. The van der Waals surface area contributed by atoms with Crippen LogP contribution in [-0.2, 0) is 11.3 Å². The van der Waals surface area contributed by atoms with E-state index in [1.165, 1.54) is 0 Å². The van der Waals surface area contributed by atoms with Gasteiger partial charge in [0.15, 0.2) is 0 Å². The lowest BCUT2D eigenvalue weighted by molar-refractivity contribution is 0.134. The van der Waals surface area contributed by atoms with Crippen LogP contribution < -0.4 is 5.73 Å². The molecule has 0 amide bonds. The fourth-order valence-electron chi connectivity index (χ4n) is 2.38. The van der Waals surface area contributed by atoms with Gasteiger partial charge in [-0.1, -0.05) is 36.4 Å². The maximum absolute atomic E-state index is 6.25. The minimum atomic E-state index is 0.560. The molecule has 3 N–H and O–H groups in total. The molecule has 0 fully saturated rings. The molecule has 0 aliphatic carbocycles. The molecular formula is C17H18N2O. The highest BCUT2D eigenvalue weighted by Crippen LogP contribution is 2.30. The summed E-state index contributed by atoms with van der Waals surface area (Å²) in [7, 11) is 0. The first-order chi connectivity index (χ1) is 9.79. The molecule has 20 heavy (non-hydrogen) atoms. The number of aromatic nitrogens is 1. The van der Waals surface area contributed by atoms with E-state index in [4.69, 9.17) is 10.5 Å². The van der Waals surface area contributed by atoms with Gasteiger partial charge < -0.3 is 15.5 Å². The highest BCUT2D eigenvalue weighted by atomic mass is 16.5. The summed E-state index contributed by atoms with van der Waals surface area (Å²) in [5, 5.41) is 1.06. The molecule has 1 aromatic heterocycles. The van der Waals surface area contributed by atoms with Crippen LogP contribution in [0.4, 0.5) is 5.69 Å². The standard InChI is InChI=1S/C17H18N2O/c1-2-20-11-13-8-9-15-14(17(13)18)10-16(19-15)12-6-4-3-5-7-12/h3-10,19H,2,11,18H2,1H3. The second-order valence-electron chi connectivity index (χ2n) is 4.79. The summed E-state index contributed by atoms with van der Waals surface area (Å²) in [6, 6.07) is 16.4. The molecule has 0 aliphatic heterocycles. The van der Waals surface area contributed by atoms with Gasteiger partial charge in [-0.3, -0.25) is 0 Å². The monoisotopic (exact) mass is 266 g/mol. The number of anilines is 1. The van der Waals surface area contributed by atoms with E-state index < -0.39 is 0 Å². The Morgan fingerprint density at radius 2 is 1.90 bits per heavy atom. The topological polar surface area (TPSA) is 51.0 Å². The van der Waals surface area contributed by atoms with Crippen molar-refractivity contribution in [2.75, 3.05) is 12.3 Å². The first-order valence-electron chi connectivity index (χ1n) is 6.83. The fraction of sp³-hybridized carbons (Fsp3) is 0.176. The molecule has 0 saturated carbocycles. The van der Waals surface area contributed by atoms with Crippen molar-refractivity contribution in [2.45, 2.75) is 13.5 Å². The molecule has 0 radical (unpaired) electrons. The van der Waals surface area contributed by atoms with Gasteiger partial charge in [-0.15, -0.1) is 0 Å². The van der Waals surface area contributed by atoms with Crippen LogP contribution in [0.5, 0.6) is 0 Å². The fourth-order valence-corrected chi connectivity index (χ4v) is 2.38. The molecule has 0 atom stereocenters. The number of nitrogens with two attached hydrogens (primary N) is 1. The van der Waals surface area contributed by atoms with Crippen LogP contribution in [0.15, 0.2) is 48.5 Å². The molecule has 0 aliphatic rings. The maximum atomic E-state index is 6.25. The molecule has 3 aromatic rings. The van der Waals surface area contributed by atoms with Gasteiger partial charge in [0, 0.05) is 34.5 Å². The van der Waals surface area contributed by atoms with Gasteiger partial charge in [0.05, 0.1) is 6.61 Å². The molecule has 2 aromatic carbocycles. The smallest absolute Gasteiger partial charge is 0.0736 e. The number of aromatic amines is 1. The molecule has 3 heteroatoms. The average molecular weight is 266 g/mol. The predicted octanol–water partition coefficient (Wildman–Crippen LogP) is 3.95. The normalized spacial score (nSPS) is 11.1. The minimum Gasteiger partial charge on any atom is -0.398 e. The van der Waals surface area contributed by atoms with Crippen molar-refractivity contribution in [3.63, 3.8) is 0 Å². The van der Waals surface area contributed by atoms with Gasteiger partial charge in [0.25, 0.3) is 0 Å². The van der Waals surface area contributed by atoms with Crippen LogP contribution in [0.3, 0.4) is 0 Å². The number of hydrogen-bond acceptors (Lipinski definition) is 2. The summed E-state index contributed by atoms with van der Waals surface area (Å²) in [6.45, 7) is 3.24. The first kappa shape index (κ1) is 12.8. The van der Waals surface area contributed by atoms with Crippen molar-refractivity contribution in [1.82, 2.24) is 4.98 Å². The Morgan fingerprint density at radius 1 is 1.10 bits per heavy atom. The number of ether oxygens (including phenoxy) is 1. The summed E-state index contributed by atoms with van der Waals surface area (Å²) in [6.07, 6.45) is 0. The number of fused-ring (bicyclic) bond motifs is 1. The van der Waals surface area contributed by atoms with E-state index in [0.717, 1.165) is 33.4 Å². The van der Waals surface area contributed by atoms with Crippen molar-refractivity contribution in [1.29, 1.82) is 0 Å². The number of benzene rings is 2. The number of nitrogens with one attached hydrogen (secondary N) is 1. The maximum Gasteiger partial charge on any atom is 0.0736 e. The van der Waals surface area contributed by atoms with Crippen molar-refractivity contribution in [2.24, 2.45) is 0 Å². The lowest BCUT2D eigenvalue weighted by Gasteiger charge is -2.06. The second-order valence-corrected chi connectivity index (χ2v) is 4.79. The average Bonchev–Trinajstić information content (AvgIpc) is 2.93. The molecule has 0 saturated heterocycles. The first-order valence-corrected chi connectivity index (χ1v) is 6.83. The highest BCUT2D eigenvalue weighted by molar-refractivity contribution is 5.96. The van der Waals surface area contributed by atoms with E-state index in [9.17, 15) is 0 Å². The van der Waals surface area contributed by atoms with Crippen LogP contribution >= 0.6 is 0 Å². The quantitative estimate of drug-likeness (QED) is 0.702. The lowest BCUT2D eigenvalue weighted by Crippen LogP contribution is -1.98. The third-order valence-electron chi connectivity index (χ3n) is 3.48. The van der Waals surface area contributed by atoms with E-state index >= 15 is 0 Å². The Hall–Kier alpha value is -2.26. The summed E-state index contributed by atoms with van der Waals surface area (Å²) in [4.78, 5) is 3.42. The molecule has 1 heterocycles. The molecular weight excluding hydrogens is 248 g/mol. The Labute approximate surface area is 118 Å². The van der Waals surface area contributed by atoms with Crippen LogP contribution in [0.2, 0.25) is 0 Å². The number of rotatable bonds is 4. The van der Waals surface area contributed by atoms with Crippen molar-refractivity contribution >= 4 is 16.6 Å². The lowest BCUT2D eigenvalue weighted by atomic mass is 10.1. The van der Waals surface area contributed by atoms with E-state index in [-0.39, 0.29) is 0 Å². The van der Waals surface area contributed by atoms with Crippen LogP contribution in [-0.4, -0.2) is 11.6 Å². The molecule has 0 unspecified atom stereocenters. The molecule has 0 bridgehead atoms. The van der Waals surface area contributed by atoms with Crippen molar-refractivity contribution in [3.8, 4) is 11.3 Å². The van der Waals surface area contributed by atoms with Crippen LogP contribution in [0.25, 0.3) is 22.2 Å². The summed E-state index contributed by atoms with van der Waals surface area (Å²) < 4.78 is 5.45. The zero-order valence-corrected chi connectivity index (χ0v) is 11.5. The van der Waals surface area contributed by atoms with Gasteiger partial charge in [0.2, 0.25) is 0 Å². The third kappa shape index (κ3) is 2.28. The zero-order valence-electron chi connectivity index (χ0n) is 11.5. The third-order valence-corrected chi connectivity index (χ3v) is 3.48. The highest BCUT2D eigenvalue weighted by Gasteiger charge is 2.09. The van der Waals surface area contributed by atoms with Gasteiger partial charge in [-0.05, 0) is 24.6 Å². The Kier molecular flexibility index (Phi) is 3.44. The van der Waals surface area contributed by atoms with Gasteiger partial charge in [-0.25, -0.2) is 0 Å². The van der Waals surface area contributed by atoms with E-state index in [1.807, 2.05) is 31.2 Å². The molecule has 102 valence electrons.